The molecule has 1 aromatic rings. The minimum atomic E-state index is 0.127. The van der Waals surface area contributed by atoms with Crippen LogP contribution in [0, 0.1) is 0 Å². The zero-order valence-corrected chi connectivity index (χ0v) is 12.9. The molecule has 94 valence electrons. The number of hydrogen-bond donors (Lipinski definition) is 1. The van der Waals surface area contributed by atoms with Crippen LogP contribution in [0.4, 0.5) is 0 Å². The van der Waals surface area contributed by atoms with E-state index >= 15 is 0 Å². The van der Waals surface area contributed by atoms with E-state index in [1.54, 1.807) is 6.07 Å². The lowest BCUT2D eigenvalue weighted by Gasteiger charge is -2.37. The van der Waals surface area contributed by atoms with Crippen molar-refractivity contribution in [3.63, 3.8) is 0 Å². The van der Waals surface area contributed by atoms with Crippen LogP contribution in [-0.4, -0.2) is 16.7 Å². The average Bonchev–Trinajstić information content (AvgIpc) is 2.32. The maximum absolute atomic E-state index is 9.60. The van der Waals surface area contributed by atoms with Crippen molar-refractivity contribution in [1.82, 2.24) is 0 Å². The largest absolute Gasteiger partial charge is 0.508 e. The summed E-state index contributed by atoms with van der Waals surface area (Å²) >= 11 is 11.5. The molecule has 0 saturated heterocycles. The topological polar surface area (TPSA) is 20.2 Å². The molecule has 0 fully saturated rings. The van der Waals surface area contributed by atoms with Gasteiger partial charge in [-0.1, -0.05) is 22.0 Å². The van der Waals surface area contributed by atoms with Gasteiger partial charge in [-0.15, -0.1) is 23.4 Å². The van der Waals surface area contributed by atoms with Crippen LogP contribution in [0.25, 0.3) is 0 Å². The number of thioether (sulfide) groups is 1. The molecule has 1 aromatic carbocycles. The van der Waals surface area contributed by atoms with Gasteiger partial charge in [-0.3, -0.25) is 0 Å². The Morgan fingerprint density at radius 2 is 2.35 bits per heavy atom. The molecular weight excluding hydrogens is 320 g/mol. The summed E-state index contributed by atoms with van der Waals surface area (Å²) in [6.07, 6.45) is 2.11. The van der Waals surface area contributed by atoms with Crippen molar-refractivity contribution in [2.45, 2.75) is 29.3 Å². The summed E-state index contributed by atoms with van der Waals surface area (Å²) in [6.45, 7) is 2.28. The monoisotopic (exact) mass is 334 g/mol. The van der Waals surface area contributed by atoms with Crippen molar-refractivity contribution >= 4 is 39.3 Å². The van der Waals surface area contributed by atoms with Crippen molar-refractivity contribution in [1.29, 1.82) is 0 Å². The summed E-state index contributed by atoms with van der Waals surface area (Å²) in [6, 6.07) is 5.72. The van der Waals surface area contributed by atoms with Crippen LogP contribution in [0.1, 0.15) is 35.7 Å². The van der Waals surface area contributed by atoms with Crippen LogP contribution in [0.3, 0.4) is 0 Å². The number of halogens is 2. The summed E-state index contributed by atoms with van der Waals surface area (Å²) in [4.78, 5) is 0.332. The molecule has 1 N–H and O–H groups in total. The highest BCUT2D eigenvalue weighted by atomic mass is 79.9. The molecule has 1 nitrogen and oxygen atoms in total. The second-order valence-electron chi connectivity index (χ2n) is 4.57. The predicted octanol–water partition coefficient (Wildman–Crippen LogP) is 4.81. The van der Waals surface area contributed by atoms with Gasteiger partial charge >= 0.3 is 0 Å². The summed E-state index contributed by atoms with van der Waals surface area (Å²) in [5.41, 5.74) is 2.55. The van der Waals surface area contributed by atoms with Crippen molar-refractivity contribution in [3.05, 3.63) is 29.3 Å². The third-order valence-electron chi connectivity index (χ3n) is 3.28. The van der Waals surface area contributed by atoms with E-state index in [1.807, 2.05) is 17.8 Å². The minimum absolute atomic E-state index is 0.127. The van der Waals surface area contributed by atoms with Gasteiger partial charge in [0.05, 0.1) is 0 Å². The first-order valence-corrected chi connectivity index (χ1v) is 8.18. The molecular formula is C13H16BrClOS. The lowest BCUT2D eigenvalue weighted by atomic mass is 9.89. The molecule has 2 unspecified atom stereocenters. The number of aromatic hydroxyl groups is 1. The Bertz CT molecular complexity index is 412. The van der Waals surface area contributed by atoms with Crippen LogP contribution in [0.5, 0.6) is 5.75 Å². The minimum Gasteiger partial charge on any atom is -0.508 e. The van der Waals surface area contributed by atoms with Gasteiger partial charge in [-0.2, -0.15) is 0 Å². The summed E-state index contributed by atoms with van der Waals surface area (Å²) in [5.74, 6) is 2.09. The summed E-state index contributed by atoms with van der Waals surface area (Å²) in [7, 11) is 0. The fraction of sp³-hybridized carbons (Fsp3) is 0.538. The number of phenolic OH excluding ortho intramolecular Hbond substituents is 1. The molecule has 17 heavy (non-hydrogen) atoms. The highest BCUT2D eigenvalue weighted by Crippen LogP contribution is 2.51. The maximum atomic E-state index is 9.60. The number of phenols is 1. The Morgan fingerprint density at radius 3 is 3.06 bits per heavy atom. The molecule has 1 aliphatic heterocycles. The van der Waals surface area contributed by atoms with Gasteiger partial charge in [0.2, 0.25) is 0 Å². The van der Waals surface area contributed by atoms with Gasteiger partial charge in [-0.05, 0) is 43.0 Å². The van der Waals surface area contributed by atoms with E-state index in [9.17, 15) is 5.11 Å². The Labute approximate surface area is 120 Å². The molecule has 4 heteroatoms. The van der Waals surface area contributed by atoms with E-state index in [4.69, 9.17) is 11.6 Å². The maximum Gasteiger partial charge on any atom is 0.115 e. The number of hydrogen-bond acceptors (Lipinski definition) is 2. The molecule has 1 heterocycles. The Morgan fingerprint density at radius 1 is 1.59 bits per heavy atom. The molecule has 0 amide bonds. The zero-order valence-electron chi connectivity index (χ0n) is 9.75. The standard InChI is InChI=1S/C13H16BrClOS/c1-13(5-2-6-15)11-4-3-9(16)7-10(11)12(14)8-17-13/h3-4,7,12,16H,2,5-6,8H2,1H3. The van der Waals surface area contributed by atoms with E-state index in [2.05, 4.69) is 28.9 Å². The Kier molecular flexibility index (Phi) is 4.32. The van der Waals surface area contributed by atoms with Gasteiger partial charge in [0.15, 0.2) is 0 Å². The van der Waals surface area contributed by atoms with Gasteiger partial charge in [-0.25, -0.2) is 0 Å². The highest BCUT2D eigenvalue weighted by molar-refractivity contribution is 9.09. The van der Waals surface area contributed by atoms with E-state index in [0.29, 0.717) is 16.5 Å². The zero-order chi connectivity index (χ0) is 12.5. The third-order valence-corrected chi connectivity index (χ3v) is 6.35. The molecule has 2 rings (SSSR count). The first kappa shape index (κ1) is 13.6. The summed E-state index contributed by atoms with van der Waals surface area (Å²) in [5, 5.41) is 9.60. The van der Waals surface area contributed by atoms with Crippen LogP contribution in [0.2, 0.25) is 0 Å². The van der Waals surface area contributed by atoms with Crippen LogP contribution in [-0.2, 0) is 4.75 Å². The lowest BCUT2D eigenvalue weighted by Crippen LogP contribution is -2.25. The molecule has 1 aliphatic rings. The van der Waals surface area contributed by atoms with Crippen LogP contribution in [0.15, 0.2) is 18.2 Å². The van der Waals surface area contributed by atoms with Gasteiger partial charge in [0, 0.05) is 21.2 Å². The van der Waals surface area contributed by atoms with Gasteiger partial charge < -0.3 is 5.11 Å². The van der Waals surface area contributed by atoms with Crippen molar-refractivity contribution in [2.75, 3.05) is 11.6 Å². The number of benzene rings is 1. The molecule has 2 atom stereocenters. The summed E-state index contributed by atoms with van der Waals surface area (Å²) < 4.78 is 0.127. The van der Waals surface area contributed by atoms with Crippen molar-refractivity contribution in [2.24, 2.45) is 0 Å². The molecule has 0 bridgehead atoms. The van der Waals surface area contributed by atoms with E-state index in [0.717, 1.165) is 18.6 Å². The van der Waals surface area contributed by atoms with Crippen LogP contribution < -0.4 is 0 Å². The lowest BCUT2D eigenvalue weighted by molar-refractivity contribution is 0.473. The van der Waals surface area contributed by atoms with Gasteiger partial charge in [0.1, 0.15) is 5.75 Å². The fourth-order valence-corrected chi connectivity index (χ4v) is 4.56. The quantitative estimate of drug-likeness (QED) is 0.800. The molecule has 0 radical (unpaired) electrons. The van der Waals surface area contributed by atoms with E-state index in [-0.39, 0.29) is 4.75 Å². The Balaban J connectivity index is 2.38. The smallest absolute Gasteiger partial charge is 0.115 e. The second-order valence-corrected chi connectivity index (χ2v) is 7.58. The number of fused-ring (bicyclic) bond motifs is 1. The highest BCUT2D eigenvalue weighted by Gasteiger charge is 2.35. The third kappa shape index (κ3) is 2.77. The molecule has 0 saturated carbocycles. The van der Waals surface area contributed by atoms with E-state index < -0.39 is 0 Å². The SMILES string of the molecule is CC1(CCCCl)SCC(Br)c2cc(O)ccc21. The van der Waals surface area contributed by atoms with E-state index in [1.165, 1.54) is 11.1 Å². The molecule has 0 spiro atoms. The van der Waals surface area contributed by atoms with Crippen LogP contribution >= 0.6 is 39.3 Å². The predicted molar refractivity (Wildman–Crippen MR) is 79.5 cm³/mol. The second kappa shape index (κ2) is 5.41. The molecule has 0 aromatic heterocycles. The first-order valence-electron chi connectivity index (χ1n) is 5.74. The van der Waals surface area contributed by atoms with Gasteiger partial charge in [0.25, 0.3) is 0 Å². The first-order chi connectivity index (χ1) is 8.07. The average molecular weight is 336 g/mol. The van der Waals surface area contributed by atoms with Crippen molar-refractivity contribution < 1.29 is 5.11 Å². The number of alkyl halides is 2. The molecule has 0 aliphatic carbocycles. The fourth-order valence-electron chi connectivity index (χ4n) is 2.33. The Hall–Kier alpha value is 0.140. The number of rotatable bonds is 3. The van der Waals surface area contributed by atoms with Crippen molar-refractivity contribution in [3.8, 4) is 5.75 Å². The normalized spacial score (nSPS) is 27.8.